The van der Waals surface area contributed by atoms with Gasteiger partial charge >= 0.3 is 0 Å². The van der Waals surface area contributed by atoms with Crippen molar-refractivity contribution in [3.63, 3.8) is 0 Å². The predicted molar refractivity (Wildman–Crippen MR) is 84.8 cm³/mol. The summed E-state index contributed by atoms with van der Waals surface area (Å²) >= 11 is 0. The smallest absolute Gasteiger partial charge is 0.246 e. The summed E-state index contributed by atoms with van der Waals surface area (Å²) in [6.45, 7) is 7.84. The molecule has 7 heteroatoms. The lowest BCUT2D eigenvalue weighted by molar-refractivity contribution is 0.395. The minimum absolute atomic E-state index is 0.163. The fourth-order valence-electron chi connectivity index (χ4n) is 1.87. The molecule has 1 rings (SSSR count). The molecule has 0 bridgehead atoms. The Morgan fingerprint density at radius 3 is 2.00 bits per heavy atom. The highest BCUT2D eigenvalue weighted by molar-refractivity contribution is 7.89. The van der Waals surface area contributed by atoms with E-state index in [0.717, 1.165) is 25.7 Å². The fraction of sp³-hybridized carbons (Fsp3) is 0.714. The van der Waals surface area contributed by atoms with Gasteiger partial charge in [0.15, 0.2) is 0 Å². The summed E-state index contributed by atoms with van der Waals surface area (Å²) in [4.78, 5) is 8.26. The average molecular weight is 314 g/mol. The Morgan fingerprint density at radius 1 is 1.05 bits per heavy atom. The van der Waals surface area contributed by atoms with Crippen LogP contribution in [0.4, 0.5) is 5.95 Å². The molecule has 0 aliphatic rings. The third-order valence-corrected chi connectivity index (χ3v) is 4.97. The molecule has 0 saturated carbocycles. The standard InChI is InChI=1S/C14H26N4O2S/c1-4-7-9-18(10-8-5-2)21(19,20)13-11-16-14(15-6-3)17-12-13/h11-12H,4-10H2,1-3H3,(H,15,16,17). The fourth-order valence-corrected chi connectivity index (χ4v) is 3.28. The van der Waals surface area contributed by atoms with Gasteiger partial charge in [-0.05, 0) is 19.8 Å². The van der Waals surface area contributed by atoms with Crippen molar-refractivity contribution >= 4 is 16.0 Å². The molecule has 0 atom stereocenters. The molecule has 120 valence electrons. The molecular weight excluding hydrogens is 288 g/mol. The number of anilines is 1. The van der Waals surface area contributed by atoms with E-state index in [0.29, 0.717) is 25.6 Å². The van der Waals surface area contributed by atoms with Crippen LogP contribution in [0.25, 0.3) is 0 Å². The van der Waals surface area contributed by atoms with Crippen LogP contribution in [0, 0.1) is 0 Å². The number of rotatable bonds is 10. The minimum Gasteiger partial charge on any atom is -0.355 e. The molecule has 6 nitrogen and oxygen atoms in total. The van der Waals surface area contributed by atoms with Crippen molar-refractivity contribution in [2.45, 2.75) is 51.3 Å². The zero-order valence-electron chi connectivity index (χ0n) is 13.2. The van der Waals surface area contributed by atoms with Gasteiger partial charge in [-0.3, -0.25) is 0 Å². The van der Waals surface area contributed by atoms with Crippen LogP contribution >= 0.6 is 0 Å². The van der Waals surface area contributed by atoms with Gasteiger partial charge in [0.25, 0.3) is 0 Å². The molecule has 0 fully saturated rings. The van der Waals surface area contributed by atoms with Gasteiger partial charge in [-0.25, -0.2) is 18.4 Å². The number of unbranched alkanes of at least 4 members (excludes halogenated alkanes) is 2. The number of nitrogens with one attached hydrogen (secondary N) is 1. The Balaban J connectivity index is 2.92. The Morgan fingerprint density at radius 2 is 1.57 bits per heavy atom. The van der Waals surface area contributed by atoms with Gasteiger partial charge in [-0.2, -0.15) is 4.31 Å². The third kappa shape index (κ3) is 5.24. The number of aromatic nitrogens is 2. The second-order valence-corrected chi connectivity index (χ2v) is 6.82. The summed E-state index contributed by atoms with van der Waals surface area (Å²) < 4.78 is 26.8. The van der Waals surface area contributed by atoms with E-state index < -0.39 is 10.0 Å². The first-order valence-corrected chi connectivity index (χ1v) is 9.06. The predicted octanol–water partition coefficient (Wildman–Crippen LogP) is 2.50. The molecule has 0 spiro atoms. The van der Waals surface area contributed by atoms with Crippen molar-refractivity contribution in [3.05, 3.63) is 12.4 Å². The van der Waals surface area contributed by atoms with Gasteiger partial charge in [-0.15, -0.1) is 0 Å². The number of hydrogen-bond donors (Lipinski definition) is 1. The molecular formula is C14H26N4O2S. The topological polar surface area (TPSA) is 75.2 Å². The van der Waals surface area contributed by atoms with Gasteiger partial charge < -0.3 is 5.32 Å². The van der Waals surface area contributed by atoms with E-state index in [2.05, 4.69) is 29.1 Å². The highest BCUT2D eigenvalue weighted by Crippen LogP contribution is 2.16. The van der Waals surface area contributed by atoms with Gasteiger partial charge in [0.2, 0.25) is 16.0 Å². The van der Waals surface area contributed by atoms with Crippen molar-refractivity contribution in [3.8, 4) is 0 Å². The summed E-state index contributed by atoms with van der Waals surface area (Å²) in [7, 11) is -3.50. The van der Waals surface area contributed by atoms with Crippen LogP contribution in [-0.2, 0) is 10.0 Å². The maximum absolute atomic E-state index is 12.6. The van der Waals surface area contributed by atoms with Crippen LogP contribution < -0.4 is 5.32 Å². The van der Waals surface area contributed by atoms with E-state index in [4.69, 9.17) is 0 Å². The molecule has 0 aliphatic carbocycles. The lowest BCUT2D eigenvalue weighted by Gasteiger charge is -2.21. The monoisotopic (exact) mass is 314 g/mol. The Labute approximate surface area is 128 Å². The summed E-state index contributed by atoms with van der Waals surface area (Å²) in [5.74, 6) is 0.449. The second kappa shape index (κ2) is 8.94. The molecule has 0 aliphatic heterocycles. The molecule has 1 N–H and O–H groups in total. The van der Waals surface area contributed by atoms with Gasteiger partial charge in [0.05, 0.1) is 12.4 Å². The molecule has 0 unspecified atom stereocenters. The highest BCUT2D eigenvalue weighted by atomic mass is 32.2. The Kier molecular flexibility index (Phi) is 7.60. The van der Waals surface area contributed by atoms with E-state index in [1.807, 2.05) is 6.92 Å². The van der Waals surface area contributed by atoms with Crippen molar-refractivity contribution < 1.29 is 8.42 Å². The molecule has 0 aromatic carbocycles. The first kappa shape index (κ1) is 17.8. The maximum Gasteiger partial charge on any atom is 0.246 e. The van der Waals surface area contributed by atoms with Crippen LogP contribution in [0.5, 0.6) is 0 Å². The summed E-state index contributed by atoms with van der Waals surface area (Å²) in [6.07, 6.45) is 6.41. The highest BCUT2D eigenvalue weighted by Gasteiger charge is 2.24. The van der Waals surface area contributed by atoms with Crippen molar-refractivity contribution in [1.29, 1.82) is 0 Å². The van der Waals surface area contributed by atoms with Crippen LogP contribution in [-0.4, -0.2) is 42.3 Å². The number of hydrogen-bond acceptors (Lipinski definition) is 5. The SMILES string of the molecule is CCCCN(CCCC)S(=O)(=O)c1cnc(NCC)nc1. The summed E-state index contributed by atoms with van der Waals surface area (Å²) in [5.41, 5.74) is 0. The first-order valence-electron chi connectivity index (χ1n) is 7.62. The molecule has 1 aromatic heterocycles. The van der Waals surface area contributed by atoms with Crippen LogP contribution in [0.1, 0.15) is 46.5 Å². The van der Waals surface area contributed by atoms with E-state index in [-0.39, 0.29) is 4.90 Å². The first-order chi connectivity index (χ1) is 10.1. The van der Waals surface area contributed by atoms with Crippen LogP contribution in [0.2, 0.25) is 0 Å². The molecule has 0 saturated heterocycles. The van der Waals surface area contributed by atoms with Crippen LogP contribution in [0.15, 0.2) is 17.3 Å². The van der Waals surface area contributed by atoms with Crippen molar-refractivity contribution in [2.24, 2.45) is 0 Å². The lowest BCUT2D eigenvalue weighted by Crippen LogP contribution is -2.33. The van der Waals surface area contributed by atoms with Gasteiger partial charge in [0, 0.05) is 19.6 Å². The molecule has 1 aromatic rings. The number of sulfonamides is 1. The van der Waals surface area contributed by atoms with Gasteiger partial charge in [0.1, 0.15) is 4.90 Å². The molecule has 0 amide bonds. The second-order valence-electron chi connectivity index (χ2n) is 4.88. The average Bonchev–Trinajstić information content (AvgIpc) is 2.48. The zero-order valence-corrected chi connectivity index (χ0v) is 14.0. The minimum atomic E-state index is -3.50. The van der Waals surface area contributed by atoms with Crippen molar-refractivity contribution in [1.82, 2.24) is 14.3 Å². The molecule has 0 radical (unpaired) electrons. The third-order valence-electron chi connectivity index (χ3n) is 3.12. The van der Waals surface area contributed by atoms with E-state index in [9.17, 15) is 8.42 Å². The van der Waals surface area contributed by atoms with E-state index in [1.165, 1.54) is 12.4 Å². The van der Waals surface area contributed by atoms with E-state index in [1.54, 1.807) is 4.31 Å². The van der Waals surface area contributed by atoms with Gasteiger partial charge in [-0.1, -0.05) is 26.7 Å². The largest absolute Gasteiger partial charge is 0.355 e. The quantitative estimate of drug-likeness (QED) is 0.718. The summed E-state index contributed by atoms with van der Waals surface area (Å²) in [6, 6.07) is 0. The normalized spacial score (nSPS) is 11.8. The van der Waals surface area contributed by atoms with Crippen LogP contribution in [0.3, 0.4) is 0 Å². The van der Waals surface area contributed by atoms with E-state index >= 15 is 0 Å². The number of nitrogens with zero attached hydrogens (tertiary/aromatic N) is 3. The zero-order chi connectivity index (χ0) is 15.7. The molecule has 1 heterocycles. The summed E-state index contributed by atoms with van der Waals surface area (Å²) in [5, 5.41) is 2.95. The Hall–Kier alpha value is -1.21. The maximum atomic E-state index is 12.6. The van der Waals surface area contributed by atoms with Crippen molar-refractivity contribution in [2.75, 3.05) is 25.0 Å². The Bertz CT molecular complexity index is 494. The lowest BCUT2D eigenvalue weighted by atomic mass is 10.3. The molecule has 21 heavy (non-hydrogen) atoms.